The second kappa shape index (κ2) is 1.50. The zero-order valence-corrected chi connectivity index (χ0v) is 4.16. The van der Waals surface area contributed by atoms with Crippen LogP contribution in [0.3, 0.4) is 0 Å². The highest BCUT2D eigenvalue weighted by Crippen LogP contribution is 2.05. The maximum absolute atomic E-state index is 5.33. The Bertz CT molecular complexity index is 91.7. The molecule has 2 N–H and O–H groups in total. The lowest BCUT2D eigenvalue weighted by molar-refractivity contribution is 0.0708. The molecule has 1 rings (SSSR count). The van der Waals surface area contributed by atoms with Crippen LogP contribution in [0.25, 0.3) is 0 Å². The lowest BCUT2D eigenvalue weighted by Crippen LogP contribution is -2.25. The first-order valence-corrected chi connectivity index (χ1v) is 2.25. The molecule has 1 aliphatic heterocycles. The van der Waals surface area contributed by atoms with E-state index in [2.05, 4.69) is 9.99 Å². The third-order valence-electron chi connectivity index (χ3n) is 0.997. The normalized spacial score (nSPS) is 38.6. The second-order valence-corrected chi connectivity index (χ2v) is 1.68. The van der Waals surface area contributed by atoms with Crippen molar-refractivity contribution in [2.45, 2.75) is 13.2 Å². The molecule has 0 saturated heterocycles. The van der Waals surface area contributed by atoms with Gasteiger partial charge in [0.05, 0.1) is 6.21 Å². The molecule has 3 heteroatoms. The highest BCUT2D eigenvalue weighted by atomic mass is 16.7. The second-order valence-electron chi connectivity index (χ2n) is 1.68. The molecule has 1 heterocycles. The topological polar surface area (TPSA) is 47.6 Å². The van der Waals surface area contributed by atoms with Gasteiger partial charge in [-0.05, 0) is 0 Å². The van der Waals surface area contributed by atoms with Crippen molar-refractivity contribution in [1.82, 2.24) is 0 Å². The number of rotatable bonds is 0. The average molecular weight is 100 g/mol. The maximum atomic E-state index is 5.33. The highest BCUT2D eigenvalue weighted by Gasteiger charge is 2.15. The third kappa shape index (κ3) is 0.718. The van der Waals surface area contributed by atoms with E-state index in [9.17, 15) is 0 Å². The number of oxime groups is 1. The summed E-state index contributed by atoms with van der Waals surface area (Å²) >= 11 is 0. The molecule has 0 unspecified atom stereocenters. The Morgan fingerprint density at radius 2 is 2.57 bits per heavy atom. The minimum Gasteiger partial charge on any atom is -0.377 e. The molecule has 0 aromatic carbocycles. The maximum Gasteiger partial charge on any atom is 0.183 e. The van der Waals surface area contributed by atoms with Gasteiger partial charge in [-0.2, -0.15) is 0 Å². The first-order chi connectivity index (χ1) is 3.30. The molecule has 7 heavy (non-hydrogen) atoms. The van der Waals surface area contributed by atoms with Gasteiger partial charge in [-0.15, -0.1) is 0 Å². The summed E-state index contributed by atoms with van der Waals surface area (Å²) in [6.45, 7) is 1.96. The quantitative estimate of drug-likeness (QED) is 0.463. The van der Waals surface area contributed by atoms with Crippen LogP contribution in [0.5, 0.6) is 0 Å². The first kappa shape index (κ1) is 4.59. The molecule has 40 valence electrons. The minimum absolute atomic E-state index is 0.208. The van der Waals surface area contributed by atoms with Crippen LogP contribution in [0.15, 0.2) is 5.16 Å². The Kier molecular flexibility index (Phi) is 0.982. The molecule has 0 saturated carbocycles. The molecule has 0 amide bonds. The summed E-state index contributed by atoms with van der Waals surface area (Å²) in [4.78, 5) is 4.61. The van der Waals surface area contributed by atoms with Gasteiger partial charge in [0.2, 0.25) is 0 Å². The molecule has 0 radical (unpaired) electrons. The van der Waals surface area contributed by atoms with Crippen LogP contribution in [-0.4, -0.2) is 12.4 Å². The molecule has 0 aromatic heterocycles. The molecule has 0 spiro atoms. The van der Waals surface area contributed by atoms with Gasteiger partial charge in [-0.25, -0.2) is 0 Å². The molecule has 0 aromatic rings. The fraction of sp³-hybridized carbons (Fsp3) is 0.750. The van der Waals surface area contributed by atoms with Gasteiger partial charge in [0.1, 0.15) is 0 Å². The van der Waals surface area contributed by atoms with Crippen molar-refractivity contribution in [2.75, 3.05) is 0 Å². The van der Waals surface area contributed by atoms with Crippen LogP contribution in [0.1, 0.15) is 6.92 Å². The lowest BCUT2D eigenvalue weighted by Gasteiger charge is -2.02. The number of hydrogen-bond acceptors (Lipinski definition) is 3. The Hall–Kier alpha value is -0.570. The Balaban J connectivity index is 2.45. The molecular formula is C4H8N2O. The average Bonchev–Trinajstić information content (AvgIpc) is 1.91. The van der Waals surface area contributed by atoms with Crippen LogP contribution in [-0.2, 0) is 4.84 Å². The van der Waals surface area contributed by atoms with E-state index in [-0.39, 0.29) is 12.1 Å². The van der Waals surface area contributed by atoms with E-state index in [1.165, 1.54) is 0 Å². The van der Waals surface area contributed by atoms with Crippen molar-refractivity contribution < 1.29 is 4.84 Å². The third-order valence-corrected chi connectivity index (χ3v) is 0.997. The summed E-state index contributed by atoms with van der Waals surface area (Å²) in [6.07, 6.45) is 1.49. The molecule has 0 fully saturated rings. The van der Waals surface area contributed by atoms with Crippen LogP contribution < -0.4 is 5.73 Å². The van der Waals surface area contributed by atoms with Crippen molar-refractivity contribution in [2.24, 2.45) is 16.8 Å². The number of hydrogen-bond donors (Lipinski definition) is 1. The van der Waals surface area contributed by atoms with Crippen LogP contribution in [0.4, 0.5) is 0 Å². The first-order valence-electron chi connectivity index (χ1n) is 2.25. The Morgan fingerprint density at radius 3 is 2.71 bits per heavy atom. The van der Waals surface area contributed by atoms with Gasteiger partial charge >= 0.3 is 0 Å². The van der Waals surface area contributed by atoms with Gasteiger partial charge in [0.15, 0.2) is 6.23 Å². The minimum atomic E-state index is -0.208. The van der Waals surface area contributed by atoms with Gasteiger partial charge in [-0.3, -0.25) is 5.73 Å². The van der Waals surface area contributed by atoms with E-state index < -0.39 is 0 Å². The molecule has 1 aliphatic rings. The Labute approximate surface area is 42.1 Å². The zero-order chi connectivity index (χ0) is 5.28. The van der Waals surface area contributed by atoms with E-state index in [1.54, 1.807) is 6.21 Å². The smallest absolute Gasteiger partial charge is 0.183 e. The number of nitrogens with zero attached hydrogens (tertiary/aromatic N) is 1. The standard InChI is InChI=1S/C4H8N2O/c1-3-2-6-7-4(3)5/h2-4H,5H2,1H3/t3-,4+/m1/s1. The highest BCUT2D eigenvalue weighted by molar-refractivity contribution is 5.61. The zero-order valence-electron chi connectivity index (χ0n) is 4.16. The fourth-order valence-electron chi connectivity index (χ4n) is 0.382. The molecule has 0 bridgehead atoms. The van der Waals surface area contributed by atoms with Gasteiger partial charge in [0, 0.05) is 5.92 Å². The molecule has 0 aliphatic carbocycles. The largest absolute Gasteiger partial charge is 0.377 e. The summed E-state index contributed by atoms with van der Waals surface area (Å²) in [6, 6.07) is 0. The summed E-state index contributed by atoms with van der Waals surface area (Å²) in [7, 11) is 0. The van der Waals surface area contributed by atoms with Crippen molar-refractivity contribution >= 4 is 6.21 Å². The van der Waals surface area contributed by atoms with Crippen molar-refractivity contribution in [3.8, 4) is 0 Å². The molecular weight excluding hydrogens is 92.1 g/mol. The molecule has 3 nitrogen and oxygen atoms in total. The molecule has 2 atom stereocenters. The van der Waals surface area contributed by atoms with E-state index in [4.69, 9.17) is 5.73 Å². The van der Waals surface area contributed by atoms with E-state index in [0.29, 0.717) is 0 Å². The summed E-state index contributed by atoms with van der Waals surface area (Å²) in [5, 5.41) is 3.50. The van der Waals surface area contributed by atoms with Crippen LogP contribution in [0.2, 0.25) is 0 Å². The summed E-state index contributed by atoms with van der Waals surface area (Å²) in [5.41, 5.74) is 5.33. The van der Waals surface area contributed by atoms with E-state index in [0.717, 1.165) is 0 Å². The van der Waals surface area contributed by atoms with Crippen molar-refractivity contribution in [1.29, 1.82) is 0 Å². The lowest BCUT2D eigenvalue weighted by atomic mass is 10.2. The monoisotopic (exact) mass is 100 g/mol. The predicted molar refractivity (Wildman–Crippen MR) is 26.7 cm³/mol. The van der Waals surface area contributed by atoms with Crippen LogP contribution in [0, 0.1) is 5.92 Å². The number of nitrogens with two attached hydrogens (primary N) is 1. The van der Waals surface area contributed by atoms with Crippen molar-refractivity contribution in [3.63, 3.8) is 0 Å². The van der Waals surface area contributed by atoms with Gasteiger partial charge in [0.25, 0.3) is 0 Å². The van der Waals surface area contributed by atoms with E-state index >= 15 is 0 Å². The predicted octanol–water partition coefficient (Wildman–Crippen LogP) is -0.0767. The summed E-state index contributed by atoms with van der Waals surface area (Å²) in [5.74, 6) is 0.278. The Morgan fingerprint density at radius 1 is 1.86 bits per heavy atom. The van der Waals surface area contributed by atoms with Gasteiger partial charge < -0.3 is 4.84 Å². The SMILES string of the molecule is C[C@@H]1C=NO[C@@H]1N. The summed E-state index contributed by atoms with van der Waals surface area (Å²) < 4.78 is 0. The van der Waals surface area contributed by atoms with Crippen LogP contribution >= 0.6 is 0 Å². The van der Waals surface area contributed by atoms with Crippen molar-refractivity contribution in [3.05, 3.63) is 0 Å². The van der Waals surface area contributed by atoms with Gasteiger partial charge in [-0.1, -0.05) is 12.1 Å². The van der Waals surface area contributed by atoms with E-state index in [1.807, 2.05) is 6.92 Å². The fourth-order valence-corrected chi connectivity index (χ4v) is 0.382.